The van der Waals surface area contributed by atoms with Crippen molar-refractivity contribution in [3.63, 3.8) is 0 Å². The fourth-order valence-electron chi connectivity index (χ4n) is 3.92. The summed E-state index contributed by atoms with van der Waals surface area (Å²) in [6, 6.07) is 6.31. The zero-order valence-corrected chi connectivity index (χ0v) is 16.4. The highest BCUT2D eigenvalue weighted by Gasteiger charge is 2.22. The molecule has 26 heavy (non-hydrogen) atoms. The van der Waals surface area contributed by atoms with E-state index < -0.39 is 6.10 Å². The van der Waals surface area contributed by atoms with Crippen molar-refractivity contribution in [1.29, 1.82) is 0 Å². The van der Waals surface area contributed by atoms with Crippen LogP contribution in [0.5, 0.6) is 0 Å². The summed E-state index contributed by atoms with van der Waals surface area (Å²) in [5, 5.41) is 16.4. The Kier molecular flexibility index (Phi) is 5.72. The van der Waals surface area contributed by atoms with Gasteiger partial charge in [-0.05, 0) is 37.5 Å². The molecule has 1 aliphatic carbocycles. The lowest BCUT2D eigenvalue weighted by molar-refractivity contribution is 0.165. The molecule has 2 aromatic heterocycles. The second-order valence-electron chi connectivity index (χ2n) is 7.52. The van der Waals surface area contributed by atoms with E-state index in [4.69, 9.17) is 4.42 Å². The summed E-state index contributed by atoms with van der Waals surface area (Å²) >= 11 is 1.92. The maximum atomic E-state index is 10.0. The second-order valence-corrected chi connectivity index (χ2v) is 8.82. The van der Waals surface area contributed by atoms with Crippen molar-refractivity contribution in [2.75, 3.05) is 6.54 Å². The van der Waals surface area contributed by atoms with Crippen LogP contribution in [0.3, 0.4) is 0 Å². The van der Waals surface area contributed by atoms with Gasteiger partial charge < -0.3 is 9.52 Å². The molecule has 0 amide bonds. The van der Waals surface area contributed by atoms with Gasteiger partial charge in [0.25, 0.3) is 0 Å². The third kappa shape index (κ3) is 4.18. The Labute approximate surface area is 159 Å². The Morgan fingerprint density at radius 1 is 1.27 bits per heavy atom. The first kappa shape index (κ1) is 18.1. The molecule has 1 saturated carbocycles. The molecule has 2 aromatic rings. The standard InChI is InChI=1S/C20H29N3O2S/c1-2-19(24)18-12-15-13-22(10-11-23(15)21-18)14-16-8-9-20(25-16)26-17-6-4-3-5-7-17/h8-9,12,17,19,24H,2-7,10-11,13-14H2,1H3/t19-/m1/s1. The van der Waals surface area contributed by atoms with Crippen molar-refractivity contribution < 1.29 is 9.52 Å². The third-order valence-corrected chi connectivity index (χ3v) is 6.73. The Bertz CT molecular complexity index is 720. The van der Waals surface area contributed by atoms with E-state index in [1.807, 2.05) is 29.4 Å². The van der Waals surface area contributed by atoms with Gasteiger partial charge in [-0.3, -0.25) is 9.58 Å². The number of hydrogen-bond acceptors (Lipinski definition) is 5. The highest BCUT2D eigenvalue weighted by molar-refractivity contribution is 7.99. The van der Waals surface area contributed by atoms with Crippen molar-refractivity contribution in [3.05, 3.63) is 35.3 Å². The fraction of sp³-hybridized carbons (Fsp3) is 0.650. The van der Waals surface area contributed by atoms with Crippen molar-refractivity contribution in [3.8, 4) is 0 Å². The van der Waals surface area contributed by atoms with Crippen LogP contribution in [-0.2, 0) is 19.6 Å². The average Bonchev–Trinajstić information content (AvgIpc) is 3.28. The van der Waals surface area contributed by atoms with Crippen LogP contribution in [0, 0.1) is 0 Å². The Hall–Kier alpha value is -1.24. The van der Waals surface area contributed by atoms with Crippen molar-refractivity contribution >= 4 is 11.8 Å². The Balaban J connectivity index is 1.34. The average molecular weight is 376 g/mol. The van der Waals surface area contributed by atoms with Crippen LogP contribution in [-0.4, -0.2) is 31.6 Å². The zero-order chi connectivity index (χ0) is 17.9. The molecule has 6 heteroatoms. The van der Waals surface area contributed by atoms with Gasteiger partial charge in [0.1, 0.15) is 5.76 Å². The number of thioether (sulfide) groups is 1. The Morgan fingerprint density at radius 3 is 2.92 bits per heavy atom. The minimum Gasteiger partial charge on any atom is -0.454 e. The Morgan fingerprint density at radius 2 is 2.12 bits per heavy atom. The minimum atomic E-state index is -0.453. The van der Waals surface area contributed by atoms with E-state index in [9.17, 15) is 5.11 Å². The zero-order valence-electron chi connectivity index (χ0n) is 15.6. The molecule has 1 fully saturated rings. The largest absolute Gasteiger partial charge is 0.454 e. The molecule has 1 atom stereocenters. The van der Waals surface area contributed by atoms with Gasteiger partial charge in [0.2, 0.25) is 0 Å². The van der Waals surface area contributed by atoms with Crippen LogP contribution < -0.4 is 0 Å². The summed E-state index contributed by atoms with van der Waals surface area (Å²) in [6.07, 6.45) is 7.01. The van der Waals surface area contributed by atoms with Gasteiger partial charge in [0, 0.05) is 18.3 Å². The van der Waals surface area contributed by atoms with Gasteiger partial charge in [-0.25, -0.2) is 0 Å². The van der Waals surface area contributed by atoms with Gasteiger partial charge in [-0.1, -0.05) is 37.9 Å². The number of furan rings is 1. The van der Waals surface area contributed by atoms with Crippen LogP contribution in [0.15, 0.2) is 27.7 Å². The maximum absolute atomic E-state index is 10.0. The first-order valence-corrected chi connectivity index (χ1v) is 10.8. The summed E-state index contributed by atoms with van der Waals surface area (Å²) in [5.41, 5.74) is 1.98. The van der Waals surface area contributed by atoms with Crippen LogP contribution in [0.4, 0.5) is 0 Å². The molecule has 0 spiro atoms. The molecular weight excluding hydrogens is 346 g/mol. The first-order chi connectivity index (χ1) is 12.7. The summed E-state index contributed by atoms with van der Waals surface area (Å²) in [4.78, 5) is 2.40. The van der Waals surface area contributed by atoms with Crippen molar-refractivity contribution in [2.45, 2.75) is 81.5 Å². The molecule has 0 saturated heterocycles. The number of aliphatic hydroxyl groups excluding tert-OH is 1. The van der Waals surface area contributed by atoms with E-state index in [2.05, 4.69) is 22.1 Å². The number of aliphatic hydroxyl groups is 1. The predicted octanol–water partition coefficient (Wildman–Crippen LogP) is 4.36. The van der Waals surface area contributed by atoms with Crippen LogP contribution in [0.2, 0.25) is 0 Å². The predicted molar refractivity (Wildman–Crippen MR) is 103 cm³/mol. The molecule has 5 nitrogen and oxygen atoms in total. The number of nitrogens with zero attached hydrogens (tertiary/aromatic N) is 3. The lowest BCUT2D eigenvalue weighted by Crippen LogP contribution is -2.33. The van der Waals surface area contributed by atoms with Gasteiger partial charge in [0.05, 0.1) is 30.6 Å². The maximum Gasteiger partial charge on any atom is 0.160 e. The molecule has 1 aliphatic heterocycles. The van der Waals surface area contributed by atoms with Gasteiger partial charge in [-0.15, -0.1) is 0 Å². The molecule has 142 valence electrons. The molecule has 0 aromatic carbocycles. The molecule has 0 unspecified atom stereocenters. The SMILES string of the molecule is CC[C@@H](O)c1cc2n(n1)CCN(Cc1ccc(SC3CCCCC3)o1)C2. The molecule has 3 heterocycles. The van der Waals surface area contributed by atoms with Gasteiger partial charge in [-0.2, -0.15) is 5.10 Å². The third-order valence-electron chi connectivity index (χ3n) is 5.48. The van der Waals surface area contributed by atoms with Crippen LogP contribution >= 0.6 is 11.8 Å². The molecule has 2 aliphatic rings. The lowest BCUT2D eigenvalue weighted by atomic mass is 10.0. The van der Waals surface area contributed by atoms with Crippen molar-refractivity contribution in [1.82, 2.24) is 14.7 Å². The van der Waals surface area contributed by atoms with E-state index >= 15 is 0 Å². The molecular formula is C20H29N3O2S. The highest BCUT2D eigenvalue weighted by Crippen LogP contribution is 2.34. The summed E-state index contributed by atoms with van der Waals surface area (Å²) in [5.74, 6) is 1.05. The monoisotopic (exact) mass is 375 g/mol. The summed E-state index contributed by atoms with van der Waals surface area (Å²) < 4.78 is 8.14. The van der Waals surface area contributed by atoms with Crippen molar-refractivity contribution in [2.24, 2.45) is 0 Å². The van der Waals surface area contributed by atoms with E-state index in [1.54, 1.807) is 0 Å². The topological polar surface area (TPSA) is 54.4 Å². The smallest absolute Gasteiger partial charge is 0.160 e. The summed E-state index contributed by atoms with van der Waals surface area (Å²) in [6.45, 7) is 5.50. The van der Waals surface area contributed by atoms with Gasteiger partial charge >= 0.3 is 0 Å². The van der Waals surface area contributed by atoms with E-state index in [1.165, 1.54) is 37.8 Å². The first-order valence-electron chi connectivity index (χ1n) is 9.93. The molecule has 4 rings (SSSR count). The number of fused-ring (bicyclic) bond motifs is 1. The number of rotatable bonds is 6. The molecule has 1 N–H and O–H groups in total. The lowest BCUT2D eigenvalue weighted by Gasteiger charge is -2.26. The minimum absolute atomic E-state index is 0.453. The fourth-order valence-corrected chi connectivity index (χ4v) is 5.12. The van der Waals surface area contributed by atoms with Crippen LogP contribution in [0.25, 0.3) is 0 Å². The number of hydrogen-bond donors (Lipinski definition) is 1. The van der Waals surface area contributed by atoms with E-state index in [0.29, 0.717) is 6.42 Å². The van der Waals surface area contributed by atoms with Gasteiger partial charge in [0.15, 0.2) is 5.09 Å². The summed E-state index contributed by atoms with van der Waals surface area (Å²) in [7, 11) is 0. The van der Waals surface area contributed by atoms with E-state index in [0.717, 1.165) is 48.0 Å². The van der Waals surface area contributed by atoms with Crippen LogP contribution in [0.1, 0.15) is 68.7 Å². The number of aromatic nitrogens is 2. The quantitative estimate of drug-likeness (QED) is 0.813. The normalized spacial score (nSPS) is 20.2. The highest BCUT2D eigenvalue weighted by atomic mass is 32.2. The van der Waals surface area contributed by atoms with E-state index in [-0.39, 0.29) is 0 Å². The molecule has 0 radical (unpaired) electrons. The molecule has 0 bridgehead atoms. The second kappa shape index (κ2) is 8.19.